The highest BCUT2D eigenvalue weighted by molar-refractivity contribution is 9.10. The average molecular weight is 502 g/mol. The second-order valence-electron chi connectivity index (χ2n) is 5.98. The summed E-state index contributed by atoms with van der Waals surface area (Å²) in [6, 6.07) is 16.3. The van der Waals surface area contributed by atoms with E-state index in [1.165, 1.54) is 0 Å². The quantitative estimate of drug-likeness (QED) is 0.325. The largest absolute Gasteiger partial charge is 0.507 e. The topological polar surface area (TPSA) is 67.9 Å². The Bertz CT molecular complexity index is 1200. The number of halogens is 2. The van der Waals surface area contributed by atoms with Gasteiger partial charge in [-0.15, -0.1) is 0 Å². The third-order valence-corrected chi connectivity index (χ3v) is 5.23. The summed E-state index contributed by atoms with van der Waals surface area (Å²) in [7, 11) is 1.62. The molecule has 3 aromatic carbocycles. The lowest BCUT2D eigenvalue weighted by Crippen LogP contribution is -1.85. The molecule has 0 aliphatic carbocycles. The highest BCUT2D eigenvalue weighted by Gasteiger charge is 2.11. The highest BCUT2D eigenvalue weighted by Crippen LogP contribution is 2.32. The first kappa shape index (κ1) is 18.7. The summed E-state index contributed by atoms with van der Waals surface area (Å²) >= 11 is 6.86. The van der Waals surface area contributed by atoms with Gasteiger partial charge in [0.15, 0.2) is 5.58 Å². The van der Waals surface area contributed by atoms with Crippen molar-refractivity contribution in [2.24, 2.45) is 4.99 Å². The maximum Gasteiger partial charge on any atom is 0.227 e. The van der Waals surface area contributed by atoms with E-state index in [2.05, 4.69) is 41.8 Å². The van der Waals surface area contributed by atoms with E-state index in [1.807, 2.05) is 36.4 Å². The molecule has 0 radical (unpaired) electrons. The van der Waals surface area contributed by atoms with E-state index in [1.54, 1.807) is 31.5 Å². The number of fused-ring (bicyclic) bond motifs is 1. The molecule has 140 valence electrons. The van der Waals surface area contributed by atoms with Crippen LogP contribution in [0.2, 0.25) is 0 Å². The lowest BCUT2D eigenvalue weighted by molar-refractivity contribution is 0.412. The molecular formula is C21H14Br2N2O3. The number of rotatable bonds is 4. The van der Waals surface area contributed by atoms with Gasteiger partial charge in [0.05, 0.1) is 17.3 Å². The molecule has 0 bridgehead atoms. The van der Waals surface area contributed by atoms with Gasteiger partial charge in [0.1, 0.15) is 17.0 Å². The molecule has 0 aliphatic heterocycles. The van der Waals surface area contributed by atoms with E-state index in [-0.39, 0.29) is 5.75 Å². The molecule has 7 heteroatoms. The number of benzene rings is 3. The first-order valence-corrected chi connectivity index (χ1v) is 9.89. The van der Waals surface area contributed by atoms with Gasteiger partial charge in [-0.05, 0) is 70.5 Å². The summed E-state index contributed by atoms with van der Waals surface area (Å²) < 4.78 is 12.8. The van der Waals surface area contributed by atoms with E-state index < -0.39 is 0 Å². The zero-order chi connectivity index (χ0) is 19.7. The molecule has 0 fully saturated rings. The third kappa shape index (κ3) is 3.81. The fraction of sp³-hybridized carbons (Fsp3) is 0.0476. The van der Waals surface area contributed by atoms with Crippen molar-refractivity contribution in [3.63, 3.8) is 0 Å². The second-order valence-corrected chi connectivity index (χ2v) is 7.75. The summed E-state index contributed by atoms with van der Waals surface area (Å²) in [5, 5.41) is 9.92. The number of aliphatic imine (C=N–C) groups is 1. The van der Waals surface area contributed by atoms with Crippen LogP contribution in [0.3, 0.4) is 0 Å². The molecule has 0 unspecified atom stereocenters. The summed E-state index contributed by atoms with van der Waals surface area (Å²) in [4.78, 5) is 9.00. The lowest BCUT2D eigenvalue weighted by atomic mass is 10.2. The minimum absolute atomic E-state index is 0.168. The van der Waals surface area contributed by atoms with Crippen molar-refractivity contribution in [1.82, 2.24) is 4.98 Å². The van der Waals surface area contributed by atoms with Gasteiger partial charge in [-0.2, -0.15) is 0 Å². The molecule has 0 saturated carbocycles. The molecule has 0 atom stereocenters. The van der Waals surface area contributed by atoms with Crippen LogP contribution in [0.25, 0.3) is 22.6 Å². The number of hydrogen-bond donors (Lipinski definition) is 1. The Morgan fingerprint density at radius 1 is 1.07 bits per heavy atom. The Morgan fingerprint density at radius 2 is 1.93 bits per heavy atom. The SMILES string of the molecule is COc1ccc(-c2nc3cc(N=Cc4cc(Br)ccc4O)ccc3o2)cc1Br. The van der Waals surface area contributed by atoms with Gasteiger partial charge in [0.25, 0.3) is 0 Å². The van der Waals surface area contributed by atoms with Gasteiger partial charge in [-0.3, -0.25) is 4.99 Å². The maximum absolute atomic E-state index is 9.92. The van der Waals surface area contributed by atoms with Crippen LogP contribution in [0, 0.1) is 0 Å². The van der Waals surface area contributed by atoms with E-state index >= 15 is 0 Å². The molecule has 1 N–H and O–H groups in total. The number of nitrogens with zero attached hydrogens (tertiary/aromatic N) is 2. The molecule has 4 rings (SSSR count). The van der Waals surface area contributed by atoms with Crippen LogP contribution in [0.1, 0.15) is 5.56 Å². The van der Waals surface area contributed by atoms with Crippen LogP contribution in [-0.4, -0.2) is 23.4 Å². The molecule has 4 aromatic rings. The first-order chi connectivity index (χ1) is 13.5. The number of aromatic nitrogens is 1. The second kappa shape index (κ2) is 7.77. The summed E-state index contributed by atoms with van der Waals surface area (Å²) in [5.41, 5.74) is 3.55. The molecule has 1 aromatic heterocycles. The Kier molecular flexibility index (Phi) is 5.19. The Morgan fingerprint density at radius 3 is 2.71 bits per heavy atom. The Hall–Kier alpha value is -2.64. The third-order valence-electron chi connectivity index (χ3n) is 4.11. The number of phenolic OH excluding ortho intramolecular Hbond substituents is 1. The average Bonchev–Trinajstić information content (AvgIpc) is 3.12. The Balaban J connectivity index is 1.66. The number of hydrogen-bond acceptors (Lipinski definition) is 5. The van der Waals surface area contributed by atoms with Crippen molar-refractivity contribution in [2.75, 3.05) is 7.11 Å². The van der Waals surface area contributed by atoms with Crippen LogP contribution in [-0.2, 0) is 0 Å². The summed E-state index contributed by atoms with van der Waals surface area (Å²) in [6.07, 6.45) is 1.61. The number of methoxy groups -OCH3 is 1. The van der Waals surface area contributed by atoms with Gasteiger partial charge in [-0.1, -0.05) is 15.9 Å². The zero-order valence-electron chi connectivity index (χ0n) is 14.7. The van der Waals surface area contributed by atoms with E-state index in [9.17, 15) is 5.11 Å². The number of oxazole rings is 1. The fourth-order valence-corrected chi connectivity index (χ4v) is 3.61. The molecule has 0 spiro atoms. The van der Waals surface area contributed by atoms with Crippen LogP contribution in [0.4, 0.5) is 5.69 Å². The summed E-state index contributed by atoms with van der Waals surface area (Å²) in [5.74, 6) is 1.43. The molecule has 1 heterocycles. The van der Waals surface area contributed by atoms with Crippen LogP contribution < -0.4 is 4.74 Å². The highest BCUT2D eigenvalue weighted by atomic mass is 79.9. The minimum atomic E-state index is 0.168. The van der Waals surface area contributed by atoms with Gasteiger partial charge >= 0.3 is 0 Å². The maximum atomic E-state index is 9.92. The summed E-state index contributed by atoms with van der Waals surface area (Å²) in [6.45, 7) is 0. The van der Waals surface area contributed by atoms with Crippen molar-refractivity contribution in [2.45, 2.75) is 0 Å². The normalized spacial score (nSPS) is 11.4. The molecule has 28 heavy (non-hydrogen) atoms. The van der Waals surface area contributed by atoms with E-state index in [4.69, 9.17) is 9.15 Å². The first-order valence-electron chi connectivity index (χ1n) is 8.30. The van der Waals surface area contributed by atoms with Crippen molar-refractivity contribution in [3.05, 3.63) is 69.1 Å². The zero-order valence-corrected chi connectivity index (χ0v) is 17.9. The number of phenols is 1. The van der Waals surface area contributed by atoms with Crippen LogP contribution >= 0.6 is 31.9 Å². The predicted octanol–water partition coefficient (Wildman–Crippen LogP) is 6.48. The fourth-order valence-electron chi connectivity index (χ4n) is 2.69. The number of aromatic hydroxyl groups is 1. The predicted molar refractivity (Wildman–Crippen MR) is 117 cm³/mol. The minimum Gasteiger partial charge on any atom is -0.507 e. The number of ether oxygens (including phenoxy) is 1. The van der Waals surface area contributed by atoms with Crippen molar-refractivity contribution in [1.29, 1.82) is 0 Å². The molecular weight excluding hydrogens is 488 g/mol. The molecule has 0 aliphatic rings. The van der Waals surface area contributed by atoms with Gasteiger partial charge in [-0.25, -0.2) is 4.98 Å². The van der Waals surface area contributed by atoms with Gasteiger partial charge in [0, 0.05) is 21.8 Å². The van der Waals surface area contributed by atoms with Gasteiger partial charge < -0.3 is 14.3 Å². The molecule has 5 nitrogen and oxygen atoms in total. The van der Waals surface area contributed by atoms with Crippen LogP contribution in [0.15, 0.2) is 73.0 Å². The monoisotopic (exact) mass is 500 g/mol. The molecule has 0 saturated heterocycles. The van der Waals surface area contributed by atoms with E-state index in [0.29, 0.717) is 28.2 Å². The van der Waals surface area contributed by atoms with E-state index in [0.717, 1.165) is 20.3 Å². The van der Waals surface area contributed by atoms with Crippen molar-refractivity contribution in [3.8, 4) is 23.0 Å². The van der Waals surface area contributed by atoms with Crippen LogP contribution in [0.5, 0.6) is 11.5 Å². The standard InChI is InChI=1S/C21H14Br2N2O3/c1-27-19-6-2-12(9-16(19)23)21-25-17-10-15(4-7-20(17)28-21)24-11-13-8-14(22)3-5-18(13)26/h2-11,26H,1H3. The Labute approximate surface area is 178 Å². The smallest absolute Gasteiger partial charge is 0.227 e. The lowest BCUT2D eigenvalue weighted by Gasteiger charge is -2.03. The van der Waals surface area contributed by atoms with Gasteiger partial charge in [0.2, 0.25) is 5.89 Å². The van der Waals surface area contributed by atoms with Crippen molar-refractivity contribution >= 4 is 54.9 Å². The molecule has 0 amide bonds. The van der Waals surface area contributed by atoms with Crippen molar-refractivity contribution < 1.29 is 14.3 Å².